The molecule has 12 aromatic rings. The van der Waals surface area contributed by atoms with E-state index in [0.29, 0.717) is 5.92 Å². The monoisotopic (exact) mass is 1010 g/mol. The first kappa shape index (κ1) is 47.3. The van der Waals surface area contributed by atoms with E-state index < -0.39 is 0 Å². The van der Waals surface area contributed by atoms with Crippen molar-refractivity contribution in [1.29, 1.82) is 0 Å². The molecule has 4 heteroatoms. The number of rotatable bonds is 6. The number of fused-ring (bicyclic) bond motifs is 12. The number of benzene rings is 11. The van der Waals surface area contributed by atoms with Gasteiger partial charge >= 0.3 is 0 Å². The van der Waals surface area contributed by atoms with Gasteiger partial charge in [-0.1, -0.05) is 213 Å². The topological polar surface area (TPSA) is 6.48 Å². The predicted molar refractivity (Wildman–Crippen MR) is 336 cm³/mol. The SMILES string of the molecule is CC(C)c1ccc(N2c3cccc4c3B(c3ccc(-c5ccc(-c6ccccc6)cc5)cc3N4c3ccc(C(C)(C)C)cc3-c3ccc4c5ccccc5c5ccccc5c4c3)c3sc4ccc(C(C)(C)C)cc4c32)cc1. The number of hydrogen-bond acceptors (Lipinski definition) is 3. The number of anilines is 6. The van der Waals surface area contributed by atoms with Crippen LogP contribution < -0.4 is 25.5 Å². The summed E-state index contributed by atoms with van der Waals surface area (Å²) in [7, 11) is 0. The quantitative estimate of drug-likeness (QED) is 0.121. The first-order valence-corrected chi connectivity index (χ1v) is 28.3. The van der Waals surface area contributed by atoms with Gasteiger partial charge in [-0.2, -0.15) is 0 Å². The lowest BCUT2D eigenvalue weighted by atomic mass is 9.36. The Morgan fingerprint density at radius 3 is 1.58 bits per heavy atom. The van der Waals surface area contributed by atoms with Crippen LogP contribution >= 0.6 is 11.3 Å². The molecule has 0 spiro atoms. The summed E-state index contributed by atoms with van der Waals surface area (Å²) in [6.45, 7) is 18.6. The average molecular weight is 1010 g/mol. The summed E-state index contributed by atoms with van der Waals surface area (Å²) in [6, 6.07) is 83.3. The minimum atomic E-state index is -0.0844. The van der Waals surface area contributed by atoms with Crippen LogP contribution in [0.25, 0.3) is 75.8 Å². The molecule has 2 aliphatic rings. The van der Waals surface area contributed by atoms with Crippen LogP contribution in [0.3, 0.4) is 0 Å². The van der Waals surface area contributed by atoms with E-state index in [0.717, 1.165) is 5.69 Å². The molecule has 77 heavy (non-hydrogen) atoms. The van der Waals surface area contributed by atoms with Crippen LogP contribution in [0, 0.1) is 0 Å². The van der Waals surface area contributed by atoms with E-state index in [2.05, 4.69) is 284 Å². The predicted octanol–water partition coefficient (Wildman–Crippen LogP) is 19.2. The lowest BCUT2D eigenvalue weighted by Crippen LogP contribution is -2.60. The second-order valence-electron chi connectivity index (χ2n) is 23.9. The fourth-order valence-electron chi connectivity index (χ4n) is 12.6. The van der Waals surface area contributed by atoms with Crippen molar-refractivity contribution in [2.75, 3.05) is 9.80 Å². The highest BCUT2D eigenvalue weighted by atomic mass is 32.1. The zero-order valence-corrected chi connectivity index (χ0v) is 46.1. The molecule has 0 radical (unpaired) electrons. The summed E-state index contributed by atoms with van der Waals surface area (Å²) in [4.78, 5) is 5.24. The number of hydrogen-bond donors (Lipinski definition) is 0. The Morgan fingerprint density at radius 1 is 0.390 bits per heavy atom. The summed E-state index contributed by atoms with van der Waals surface area (Å²) < 4.78 is 2.70. The Balaban J connectivity index is 1.05. The summed E-state index contributed by atoms with van der Waals surface area (Å²) >= 11 is 1.97. The van der Waals surface area contributed by atoms with Crippen molar-refractivity contribution in [3.63, 3.8) is 0 Å². The highest BCUT2D eigenvalue weighted by Crippen LogP contribution is 2.51. The molecule has 0 unspecified atom stereocenters. The molecule has 0 saturated carbocycles. The third-order valence-electron chi connectivity index (χ3n) is 16.8. The van der Waals surface area contributed by atoms with Crippen LogP contribution in [0.2, 0.25) is 0 Å². The van der Waals surface area contributed by atoms with Crippen molar-refractivity contribution in [3.8, 4) is 33.4 Å². The maximum absolute atomic E-state index is 2.63. The Bertz CT molecular complexity index is 4290. The minimum Gasteiger partial charge on any atom is -0.311 e. The molecule has 0 N–H and O–H groups in total. The third-order valence-corrected chi connectivity index (χ3v) is 18.0. The highest BCUT2D eigenvalue weighted by Gasteiger charge is 2.45. The van der Waals surface area contributed by atoms with Gasteiger partial charge in [-0.25, -0.2) is 0 Å². The molecule has 1 aromatic heterocycles. The standard InChI is InChI=1S/C73H61BN2S/c1-45(2)46-29-35-54(36-30-46)75-65-23-16-24-66-69(65)74(71-70(75)62-44-53(73(6,7)8)34-40-68(62)77-71)63-38-32-50(49-27-25-48(26-28-49)47-17-10-9-11-18-47)42-67(63)76(66)64-39-33-52(72(3,4)5)43-60(64)51-31-37-59-57-21-13-12-19-55(57)56-20-14-15-22-58(56)61(59)41-51/h9-45H,1-8H3. The van der Waals surface area contributed by atoms with E-state index in [9.17, 15) is 0 Å². The molecule has 2 nitrogen and oxygen atoms in total. The molecule has 0 saturated heterocycles. The van der Waals surface area contributed by atoms with Gasteiger partial charge in [-0.3, -0.25) is 0 Å². The molecule has 0 amide bonds. The lowest BCUT2D eigenvalue weighted by Gasteiger charge is -2.43. The summed E-state index contributed by atoms with van der Waals surface area (Å²) in [5.74, 6) is 0.433. The molecule has 372 valence electrons. The number of nitrogens with zero attached hydrogens (tertiary/aromatic N) is 2. The van der Waals surface area contributed by atoms with Gasteiger partial charge in [-0.15, -0.1) is 11.3 Å². The molecule has 0 fully saturated rings. The van der Waals surface area contributed by atoms with Gasteiger partial charge in [0, 0.05) is 43.2 Å². The van der Waals surface area contributed by atoms with E-state index in [-0.39, 0.29) is 17.5 Å². The van der Waals surface area contributed by atoms with Gasteiger partial charge < -0.3 is 9.80 Å². The summed E-state index contributed by atoms with van der Waals surface area (Å²) in [6.07, 6.45) is 0. The molecule has 3 heterocycles. The Labute approximate surface area is 458 Å². The second kappa shape index (κ2) is 17.7. The normalized spacial score (nSPS) is 13.2. The van der Waals surface area contributed by atoms with Gasteiger partial charge in [0.15, 0.2) is 0 Å². The molecule has 14 rings (SSSR count). The molecule has 0 atom stereocenters. The van der Waals surface area contributed by atoms with Gasteiger partial charge in [0.25, 0.3) is 6.71 Å². The van der Waals surface area contributed by atoms with Crippen molar-refractivity contribution in [2.45, 2.75) is 72.1 Å². The van der Waals surface area contributed by atoms with Gasteiger partial charge in [0.1, 0.15) is 0 Å². The van der Waals surface area contributed by atoms with Gasteiger partial charge in [0.2, 0.25) is 0 Å². The van der Waals surface area contributed by atoms with Crippen LogP contribution in [-0.2, 0) is 10.8 Å². The first-order chi connectivity index (χ1) is 37.3. The highest BCUT2D eigenvalue weighted by molar-refractivity contribution is 7.33. The average Bonchev–Trinajstić information content (AvgIpc) is 3.86. The summed E-state index contributed by atoms with van der Waals surface area (Å²) in [5, 5.41) is 9.00. The molecule has 0 bridgehead atoms. The molecule has 2 aliphatic heterocycles. The molecule has 0 aliphatic carbocycles. The van der Waals surface area contributed by atoms with Crippen LogP contribution in [0.5, 0.6) is 0 Å². The fourth-order valence-corrected chi connectivity index (χ4v) is 13.9. The van der Waals surface area contributed by atoms with Crippen LogP contribution in [0.15, 0.2) is 218 Å². The maximum atomic E-state index is 2.63. The zero-order valence-electron chi connectivity index (χ0n) is 45.2. The smallest absolute Gasteiger partial charge is 0.264 e. The largest absolute Gasteiger partial charge is 0.311 e. The fraction of sp³-hybridized carbons (Fsp3) is 0.151. The van der Waals surface area contributed by atoms with Crippen molar-refractivity contribution in [3.05, 3.63) is 235 Å². The lowest BCUT2D eigenvalue weighted by molar-refractivity contribution is 0.590. The van der Waals surface area contributed by atoms with Crippen LogP contribution in [0.4, 0.5) is 34.1 Å². The van der Waals surface area contributed by atoms with E-state index in [1.807, 2.05) is 11.3 Å². The Hall–Kier alpha value is -8.18. The molecular weight excluding hydrogens is 948 g/mol. The maximum Gasteiger partial charge on any atom is 0.264 e. The zero-order chi connectivity index (χ0) is 52.5. The van der Waals surface area contributed by atoms with E-state index in [4.69, 9.17) is 0 Å². The van der Waals surface area contributed by atoms with Crippen molar-refractivity contribution in [1.82, 2.24) is 0 Å². The van der Waals surface area contributed by atoms with E-state index in [1.165, 1.54) is 137 Å². The Kier molecular flexibility index (Phi) is 10.9. The van der Waals surface area contributed by atoms with Crippen molar-refractivity contribution < 1.29 is 0 Å². The van der Waals surface area contributed by atoms with E-state index >= 15 is 0 Å². The van der Waals surface area contributed by atoms with Crippen molar-refractivity contribution >= 4 is 110 Å². The third kappa shape index (κ3) is 7.66. The van der Waals surface area contributed by atoms with Gasteiger partial charge in [0.05, 0.1) is 11.4 Å². The molecular formula is C73H61BN2S. The summed E-state index contributed by atoms with van der Waals surface area (Å²) in [5.41, 5.74) is 21.1. The minimum absolute atomic E-state index is 0.00348. The van der Waals surface area contributed by atoms with Crippen molar-refractivity contribution in [2.24, 2.45) is 0 Å². The second-order valence-corrected chi connectivity index (χ2v) is 25.0. The number of thiophene rings is 1. The Morgan fingerprint density at radius 2 is 0.935 bits per heavy atom. The van der Waals surface area contributed by atoms with Crippen LogP contribution in [-0.4, -0.2) is 6.71 Å². The first-order valence-electron chi connectivity index (χ1n) is 27.5. The van der Waals surface area contributed by atoms with Crippen LogP contribution in [0.1, 0.15) is 78.0 Å². The molecule has 11 aromatic carbocycles. The van der Waals surface area contributed by atoms with Gasteiger partial charge in [-0.05, 0) is 165 Å². The van der Waals surface area contributed by atoms with E-state index in [1.54, 1.807) is 0 Å².